The molecular formula is C30H30F3N7O. The third kappa shape index (κ3) is 7.05. The van der Waals surface area contributed by atoms with Crippen molar-refractivity contribution in [3.8, 4) is 11.3 Å². The third-order valence-electron chi connectivity index (χ3n) is 7.02. The predicted octanol–water partition coefficient (Wildman–Crippen LogP) is 5.61. The lowest BCUT2D eigenvalue weighted by Crippen LogP contribution is -2.44. The average Bonchev–Trinajstić information content (AvgIpc) is 2.96. The Labute approximate surface area is 236 Å². The molecule has 8 nitrogen and oxygen atoms in total. The Balaban J connectivity index is 1.32. The third-order valence-corrected chi connectivity index (χ3v) is 7.02. The van der Waals surface area contributed by atoms with Crippen LogP contribution >= 0.6 is 0 Å². The molecule has 1 aliphatic rings. The molecule has 0 spiro atoms. The van der Waals surface area contributed by atoms with E-state index in [4.69, 9.17) is 0 Å². The number of rotatable bonds is 7. The zero-order valence-corrected chi connectivity index (χ0v) is 22.7. The number of hydrogen-bond acceptors (Lipinski definition) is 7. The van der Waals surface area contributed by atoms with Crippen LogP contribution in [0.1, 0.15) is 27.0 Å². The maximum Gasteiger partial charge on any atom is 0.416 e. The number of likely N-dealkylation sites (N-methyl/N-ethyl adjacent to an activating group) is 1. The number of carbonyl (C=O) groups excluding carboxylic acids is 1. The molecule has 212 valence electrons. The van der Waals surface area contributed by atoms with Gasteiger partial charge in [-0.05, 0) is 67.6 Å². The summed E-state index contributed by atoms with van der Waals surface area (Å²) >= 11 is 0. The Morgan fingerprint density at radius 2 is 1.80 bits per heavy atom. The van der Waals surface area contributed by atoms with Gasteiger partial charge in [-0.25, -0.2) is 9.97 Å². The summed E-state index contributed by atoms with van der Waals surface area (Å²) in [4.78, 5) is 30.2. The van der Waals surface area contributed by atoms with Crippen LogP contribution in [0.3, 0.4) is 0 Å². The van der Waals surface area contributed by atoms with E-state index in [1.807, 2.05) is 31.0 Å². The molecule has 4 aromatic rings. The van der Waals surface area contributed by atoms with Crippen molar-refractivity contribution < 1.29 is 18.0 Å². The molecule has 0 saturated carbocycles. The number of piperazine rings is 1. The zero-order chi connectivity index (χ0) is 29.0. The molecule has 0 aliphatic carbocycles. The molecule has 2 aromatic carbocycles. The zero-order valence-electron chi connectivity index (χ0n) is 22.7. The second-order valence-corrected chi connectivity index (χ2v) is 10.1. The molecule has 3 heterocycles. The summed E-state index contributed by atoms with van der Waals surface area (Å²) in [5.41, 5.74) is 2.74. The highest BCUT2D eigenvalue weighted by molar-refractivity contribution is 6.05. The highest BCUT2D eigenvalue weighted by atomic mass is 19.4. The van der Waals surface area contributed by atoms with Gasteiger partial charge in [-0.15, -0.1) is 0 Å². The van der Waals surface area contributed by atoms with E-state index in [0.29, 0.717) is 30.4 Å². The van der Waals surface area contributed by atoms with Crippen molar-refractivity contribution in [1.82, 2.24) is 24.8 Å². The Kier molecular flexibility index (Phi) is 8.27. The fourth-order valence-corrected chi connectivity index (χ4v) is 4.62. The van der Waals surface area contributed by atoms with E-state index in [9.17, 15) is 18.0 Å². The summed E-state index contributed by atoms with van der Waals surface area (Å²) < 4.78 is 41.9. The van der Waals surface area contributed by atoms with Gasteiger partial charge in [-0.3, -0.25) is 14.7 Å². The van der Waals surface area contributed by atoms with Crippen LogP contribution in [-0.4, -0.2) is 63.9 Å². The first kappa shape index (κ1) is 28.2. The first-order chi connectivity index (χ1) is 19.7. The van der Waals surface area contributed by atoms with Crippen molar-refractivity contribution >= 4 is 23.2 Å². The lowest BCUT2D eigenvalue weighted by atomic mass is 10.0. The number of aromatic nitrogens is 3. The topological polar surface area (TPSA) is 86.3 Å². The van der Waals surface area contributed by atoms with Crippen LogP contribution in [0.25, 0.3) is 11.3 Å². The summed E-state index contributed by atoms with van der Waals surface area (Å²) in [5.74, 6) is -0.198. The fraction of sp³-hybridized carbons (Fsp3) is 0.267. The van der Waals surface area contributed by atoms with Crippen molar-refractivity contribution in [2.75, 3.05) is 43.9 Å². The number of pyridine rings is 1. The minimum absolute atomic E-state index is 0.0760. The monoisotopic (exact) mass is 561 g/mol. The van der Waals surface area contributed by atoms with Crippen molar-refractivity contribution in [2.45, 2.75) is 19.6 Å². The number of halogens is 3. The normalized spacial score (nSPS) is 14.6. The van der Waals surface area contributed by atoms with Gasteiger partial charge in [0.2, 0.25) is 5.95 Å². The molecule has 2 aromatic heterocycles. The minimum Gasteiger partial charge on any atom is -0.324 e. The maximum absolute atomic E-state index is 14.0. The van der Waals surface area contributed by atoms with E-state index < -0.39 is 17.6 Å². The molecule has 0 unspecified atom stereocenters. The molecule has 2 N–H and O–H groups in total. The van der Waals surface area contributed by atoms with Crippen LogP contribution in [0, 0.1) is 6.92 Å². The van der Waals surface area contributed by atoms with Gasteiger partial charge in [0, 0.05) is 73.8 Å². The van der Waals surface area contributed by atoms with E-state index in [1.165, 1.54) is 12.1 Å². The highest BCUT2D eigenvalue weighted by Crippen LogP contribution is 2.35. The Morgan fingerprint density at radius 3 is 2.54 bits per heavy atom. The lowest BCUT2D eigenvalue weighted by molar-refractivity contribution is -0.138. The van der Waals surface area contributed by atoms with Crippen molar-refractivity contribution in [2.24, 2.45) is 0 Å². The molecule has 0 bridgehead atoms. The first-order valence-corrected chi connectivity index (χ1v) is 13.2. The molecule has 11 heteroatoms. The number of aryl methyl sites for hydroxylation is 1. The standard InChI is InChI=1S/C30H30F3N7O/c1-20-5-6-21(16-27(20)38-29-35-11-9-26(37-29)22-4-3-10-34-18-22)28(41)36-24-8-7-23(25(17-24)30(31,32)33)19-40-14-12-39(2)13-15-40/h3-11,16-18H,12-15,19H2,1-2H3,(H,36,41)(H,35,37,38). The van der Waals surface area contributed by atoms with E-state index >= 15 is 0 Å². The van der Waals surface area contributed by atoms with Crippen LogP contribution in [0.15, 0.2) is 73.2 Å². The SMILES string of the molecule is Cc1ccc(C(=O)Nc2ccc(CN3CCN(C)CC3)c(C(F)(F)F)c2)cc1Nc1nccc(-c2cccnc2)n1. The number of amides is 1. The van der Waals surface area contributed by atoms with Gasteiger partial charge < -0.3 is 15.5 Å². The molecule has 1 aliphatic heterocycles. The second kappa shape index (κ2) is 12.0. The Bertz CT molecular complexity index is 1520. The molecule has 1 amide bonds. The maximum atomic E-state index is 14.0. The fourth-order valence-electron chi connectivity index (χ4n) is 4.62. The van der Waals surface area contributed by atoms with Crippen LogP contribution in [0.2, 0.25) is 0 Å². The smallest absolute Gasteiger partial charge is 0.324 e. The van der Waals surface area contributed by atoms with E-state index in [0.717, 1.165) is 30.3 Å². The molecule has 1 saturated heterocycles. The van der Waals surface area contributed by atoms with Gasteiger partial charge in [0.05, 0.1) is 11.3 Å². The van der Waals surface area contributed by atoms with E-state index in [-0.39, 0.29) is 23.4 Å². The number of benzene rings is 2. The van der Waals surface area contributed by atoms with E-state index in [1.54, 1.807) is 42.9 Å². The van der Waals surface area contributed by atoms with Crippen LogP contribution in [-0.2, 0) is 12.7 Å². The highest BCUT2D eigenvalue weighted by Gasteiger charge is 2.34. The quantitative estimate of drug-likeness (QED) is 0.303. The van der Waals surface area contributed by atoms with Gasteiger partial charge in [0.15, 0.2) is 0 Å². The molecule has 0 atom stereocenters. The van der Waals surface area contributed by atoms with Crippen LogP contribution < -0.4 is 10.6 Å². The Hall–Kier alpha value is -4.35. The first-order valence-electron chi connectivity index (χ1n) is 13.2. The van der Waals surface area contributed by atoms with Gasteiger partial charge in [0.25, 0.3) is 5.91 Å². The molecular weight excluding hydrogens is 531 g/mol. The molecule has 5 rings (SSSR count). The summed E-state index contributed by atoms with van der Waals surface area (Å²) in [6, 6.07) is 14.4. The number of nitrogens with one attached hydrogen (secondary N) is 2. The number of hydrogen-bond donors (Lipinski definition) is 2. The van der Waals surface area contributed by atoms with Crippen molar-refractivity contribution in [1.29, 1.82) is 0 Å². The minimum atomic E-state index is -4.55. The van der Waals surface area contributed by atoms with Gasteiger partial charge in [-0.1, -0.05) is 12.1 Å². The summed E-state index contributed by atoms with van der Waals surface area (Å²) in [7, 11) is 2.00. The van der Waals surface area contributed by atoms with E-state index in [2.05, 4.69) is 30.5 Å². The summed E-state index contributed by atoms with van der Waals surface area (Å²) in [5, 5.41) is 5.76. The Morgan fingerprint density at radius 1 is 1.00 bits per heavy atom. The number of carbonyl (C=O) groups is 1. The largest absolute Gasteiger partial charge is 0.416 e. The van der Waals surface area contributed by atoms with Gasteiger partial charge in [0.1, 0.15) is 0 Å². The molecule has 41 heavy (non-hydrogen) atoms. The second-order valence-electron chi connectivity index (χ2n) is 10.1. The lowest BCUT2D eigenvalue weighted by Gasteiger charge is -2.33. The molecule has 1 fully saturated rings. The number of anilines is 3. The molecule has 0 radical (unpaired) electrons. The average molecular weight is 562 g/mol. The van der Waals surface area contributed by atoms with Gasteiger partial charge >= 0.3 is 6.18 Å². The van der Waals surface area contributed by atoms with Crippen molar-refractivity contribution in [3.05, 3.63) is 95.4 Å². The number of nitrogens with zero attached hydrogens (tertiary/aromatic N) is 5. The predicted molar refractivity (Wildman–Crippen MR) is 152 cm³/mol. The van der Waals surface area contributed by atoms with Crippen LogP contribution in [0.4, 0.5) is 30.5 Å². The number of alkyl halides is 3. The van der Waals surface area contributed by atoms with Gasteiger partial charge in [-0.2, -0.15) is 13.2 Å². The summed E-state index contributed by atoms with van der Waals surface area (Å²) in [6.45, 7) is 5.09. The summed E-state index contributed by atoms with van der Waals surface area (Å²) in [6.07, 6.45) is 0.450. The van der Waals surface area contributed by atoms with Crippen molar-refractivity contribution in [3.63, 3.8) is 0 Å². The van der Waals surface area contributed by atoms with Crippen LogP contribution in [0.5, 0.6) is 0 Å².